The molecular weight excluding hydrogens is 281 g/mol. The van der Waals surface area contributed by atoms with Crippen molar-refractivity contribution < 1.29 is 9.18 Å². The number of nitrogens with one attached hydrogen (secondary N) is 1. The Morgan fingerprint density at radius 3 is 2.86 bits per heavy atom. The number of carbonyl (C=O) groups is 1. The lowest BCUT2D eigenvalue weighted by Crippen LogP contribution is -2.38. The standard InChI is InChI=1S/C17H22FN3O/c1-2-3-4-7-21-8-5-14(6-9-21)11-20-17(22)15-10-16(18)13-19-12-15/h10,12-14H,2,5-9,11H2,1H3,(H,20,22). The topological polar surface area (TPSA) is 45.2 Å². The number of carbonyl (C=O) groups excluding carboxylic acids is 1. The maximum atomic E-state index is 13.0. The van der Waals surface area contributed by atoms with Crippen LogP contribution >= 0.6 is 0 Å². The van der Waals surface area contributed by atoms with Crippen molar-refractivity contribution in [2.75, 3.05) is 26.2 Å². The number of nitrogens with zero attached hydrogens (tertiary/aromatic N) is 2. The Balaban J connectivity index is 1.71. The molecule has 5 heteroatoms. The van der Waals surface area contributed by atoms with Crippen molar-refractivity contribution >= 4 is 5.91 Å². The zero-order valence-electron chi connectivity index (χ0n) is 12.9. The van der Waals surface area contributed by atoms with Gasteiger partial charge in [-0.3, -0.25) is 14.7 Å². The van der Waals surface area contributed by atoms with Crippen LogP contribution in [0, 0.1) is 23.6 Å². The van der Waals surface area contributed by atoms with Crippen molar-refractivity contribution in [1.82, 2.24) is 15.2 Å². The third-order valence-corrected chi connectivity index (χ3v) is 3.83. The molecule has 2 heterocycles. The second kappa shape index (κ2) is 8.50. The molecule has 1 saturated heterocycles. The van der Waals surface area contributed by atoms with E-state index in [0.717, 1.165) is 45.1 Å². The summed E-state index contributed by atoms with van der Waals surface area (Å²) in [5, 5.41) is 2.87. The van der Waals surface area contributed by atoms with Gasteiger partial charge in [0.2, 0.25) is 0 Å². The SMILES string of the molecule is CCC#CCN1CCC(CNC(=O)c2cncc(F)c2)CC1. The number of hydrogen-bond acceptors (Lipinski definition) is 3. The number of piperidine rings is 1. The highest BCUT2D eigenvalue weighted by Crippen LogP contribution is 2.16. The van der Waals surface area contributed by atoms with Gasteiger partial charge in [0, 0.05) is 19.2 Å². The van der Waals surface area contributed by atoms with E-state index in [0.29, 0.717) is 12.5 Å². The summed E-state index contributed by atoms with van der Waals surface area (Å²) in [7, 11) is 0. The molecule has 1 N–H and O–H groups in total. The van der Waals surface area contributed by atoms with E-state index >= 15 is 0 Å². The first-order valence-corrected chi connectivity index (χ1v) is 7.76. The van der Waals surface area contributed by atoms with Crippen LogP contribution in [0.3, 0.4) is 0 Å². The average Bonchev–Trinajstić information content (AvgIpc) is 2.54. The van der Waals surface area contributed by atoms with Gasteiger partial charge in [0.15, 0.2) is 0 Å². The summed E-state index contributed by atoms with van der Waals surface area (Å²) in [6, 6.07) is 1.21. The van der Waals surface area contributed by atoms with Gasteiger partial charge in [0.25, 0.3) is 5.91 Å². The fourth-order valence-electron chi connectivity index (χ4n) is 2.52. The first-order valence-electron chi connectivity index (χ1n) is 7.76. The number of amides is 1. The normalized spacial score (nSPS) is 15.9. The van der Waals surface area contributed by atoms with E-state index in [1.807, 2.05) is 0 Å². The van der Waals surface area contributed by atoms with Gasteiger partial charge >= 0.3 is 0 Å². The Morgan fingerprint density at radius 1 is 1.41 bits per heavy atom. The predicted molar refractivity (Wildman–Crippen MR) is 83.8 cm³/mol. The highest BCUT2D eigenvalue weighted by Gasteiger charge is 2.19. The van der Waals surface area contributed by atoms with Gasteiger partial charge in [-0.1, -0.05) is 12.8 Å². The molecule has 0 bridgehead atoms. The molecule has 0 aliphatic carbocycles. The minimum Gasteiger partial charge on any atom is -0.352 e. The Hall–Kier alpha value is -1.93. The summed E-state index contributed by atoms with van der Waals surface area (Å²) in [6.45, 7) is 5.54. The van der Waals surface area contributed by atoms with Gasteiger partial charge in [-0.05, 0) is 37.9 Å². The van der Waals surface area contributed by atoms with Crippen LogP contribution in [0.15, 0.2) is 18.5 Å². The summed E-state index contributed by atoms with van der Waals surface area (Å²) in [5.74, 6) is 5.97. The summed E-state index contributed by atoms with van der Waals surface area (Å²) >= 11 is 0. The Morgan fingerprint density at radius 2 is 2.18 bits per heavy atom. The summed E-state index contributed by atoms with van der Waals surface area (Å²) in [6.07, 6.45) is 5.48. The lowest BCUT2D eigenvalue weighted by atomic mass is 9.96. The van der Waals surface area contributed by atoms with Crippen LogP contribution in [0.4, 0.5) is 4.39 Å². The summed E-state index contributed by atoms with van der Waals surface area (Å²) in [4.78, 5) is 18.0. The number of pyridine rings is 1. The molecule has 1 aliphatic rings. The number of halogens is 1. The van der Waals surface area contributed by atoms with Crippen molar-refractivity contribution in [2.45, 2.75) is 26.2 Å². The van der Waals surface area contributed by atoms with Gasteiger partial charge in [-0.2, -0.15) is 0 Å². The predicted octanol–water partition coefficient (Wildman–Crippen LogP) is 2.08. The molecule has 0 aromatic carbocycles. The number of likely N-dealkylation sites (tertiary alicyclic amines) is 1. The molecule has 1 fully saturated rings. The van der Waals surface area contributed by atoms with Crippen molar-refractivity contribution in [3.8, 4) is 11.8 Å². The molecule has 1 amide bonds. The van der Waals surface area contributed by atoms with E-state index in [9.17, 15) is 9.18 Å². The molecule has 118 valence electrons. The summed E-state index contributed by atoms with van der Waals surface area (Å²) < 4.78 is 13.0. The van der Waals surface area contributed by atoms with Crippen LogP contribution in [0.25, 0.3) is 0 Å². The first kappa shape index (κ1) is 16.4. The largest absolute Gasteiger partial charge is 0.352 e. The van der Waals surface area contributed by atoms with Gasteiger partial charge in [-0.25, -0.2) is 4.39 Å². The average molecular weight is 303 g/mol. The second-order valence-corrected chi connectivity index (χ2v) is 5.53. The van der Waals surface area contributed by atoms with E-state index in [4.69, 9.17) is 0 Å². The Labute approximate surface area is 131 Å². The van der Waals surface area contributed by atoms with E-state index < -0.39 is 5.82 Å². The van der Waals surface area contributed by atoms with Gasteiger partial charge in [0.05, 0.1) is 18.3 Å². The van der Waals surface area contributed by atoms with Crippen LogP contribution in [0.5, 0.6) is 0 Å². The van der Waals surface area contributed by atoms with Crippen LogP contribution in [0.2, 0.25) is 0 Å². The lowest BCUT2D eigenvalue weighted by molar-refractivity contribution is 0.0937. The molecule has 0 radical (unpaired) electrons. The van der Waals surface area contributed by atoms with Gasteiger partial charge in [0.1, 0.15) is 5.82 Å². The fourth-order valence-corrected chi connectivity index (χ4v) is 2.52. The quantitative estimate of drug-likeness (QED) is 0.866. The molecule has 2 rings (SSSR count). The van der Waals surface area contributed by atoms with E-state index in [1.54, 1.807) is 0 Å². The molecule has 1 aromatic heterocycles. The maximum Gasteiger partial charge on any atom is 0.252 e. The molecule has 0 unspecified atom stereocenters. The highest BCUT2D eigenvalue weighted by molar-refractivity contribution is 5.93. The fraction of sp³-hybridized carbons (Fsp3) is 0.529. The maximum absolute atomic E-state index is 13.0. The third-order valence-electron chi connectivity index (χ3n) is 3.83. The smallest absolute Gasteiger partial charge is 0.252 e. The molecule has 0 atom stereocenters. The van der Waals surface area contributed by atoms with Gasteiger partial charge in [-0.15, -0.1) is 5.92 Å². The molecule has 1 aliphatic heterocycles. The van der Waals surface area contributed by atoms with E-state index in [-0.39, 0.29) is 11.5 Å². The van der Waals surface area contributed by atoms with Crippen LogP contribution in [-0.4, -0.2) is 42.0 Å². The molecule has 0 saturated carbocycles. The van der Waals surface area contributed by atoms with Crippen molar-refractivity contribution in [2.24, 2.45) is 5.92 Å². The third kappa shape index (κ3) is 5.12. The Bertz CT molecular complexity index is 557. The van der Waals surface area contributed by atoms with E-state index in [2.05, 4.69) is 34.0 Å². The minimum atomic E-state index is -0.492. The molecule has 0 spiro atoms. The lowest BCUT2D eigenvalue weighted by Gasteiger charge is -2.30. The molecule has 22 heavy (non-hydrogen) atoms. The van der Waals surface area contributed by atoms with Crippen LogP contribution in [-0.2, 0) is 0 Å². The van der Waals surface area contributed by atoms with Gasteiger partial charge < -0.3 is 5.32 Å². The number of rotatable bonds is 4. The molecular formula is C17H22FN3O. The zero-order chi connectivity index (χ0) is 15.8. The molecule has 1 aromatic rings. The monoisotopic (exact) mass is 303 g/mol. The zero-order valence-corrected chi connectivity index (χ0v) is 12.9. The van der Waals surface area contributed by atoms with Crippen molar-refractivity contribution in [3.05, 3.63) is 29.8 Å². The summed E-state index contributed by atoms with van der Waals surface area (Å²) in [5.41, 5.74) is 0.271. The molecule has 4 nitrogen and oxygen atoms in total. The number of aromatic nitrogens is 1. The number of hydrogen-bond donors (Lipinski definition) is 1. The Kier molecular flexibility index (Phi) is 6.35. The van der Waals surface area contributed by atoms with Crippen LogP contribution < -0.4 is 5.32 Å². The van der Waals surface area contributed by atoms with Crippen molar-refractivity contribution in [3.63, 3.8) is 0 Å². The van der Waals surface area contributed by atoms with E-state index in [1.165, 1.54) is 12.3 Å². The second-order valence-electron chi connectivity index (χ2n) is 5.53. The van der Waals surface area contributed by atoms with Crippen LogP contribution in [0.1, 0.15) is 36.5 Å². The first-order chi connectivity index (χ1) is 10.7. The van der Waals surface area contributed by atoms with Crippen molar-refractivity contribution in [1.29, 1.82) is 0 Å². The highest BCUT2D eigenvalue weighted by atomic mass is 19.1. The minimum absolute atomic E-state index is 0.261.